The summed E-state index contributed by atoms with van der Waals surface area (Å²) in [6, 6.07) is 18.9. The van der Waals surface area contributed by atoms with Crippen LogP contribution in [0.25, 0.3) is 11.3 Å². The lowest BCUT2D eigenvalue weighted by molar-refractivity contribution is -0.122. The third kappa shape index (κ3) is 8.49. The summed E-state index contributed by atoms with van der Waals surface area (Å²) in [6.07, 6.45) is 9.05. The number of piperidine rings is 1. The fraction of sp³-hybridized carbons (Fsp3) is 0.452. The minimum atomic E-state index is -0.331. The molecule has 3 N–H and O–H groups in total. The van der Waals surface area contributed by atoms with Crippen molar-refractivity contribution in [2.24, 2.45) is 0 Å². The zero-order valence-electron chi connectivity index (χ0n) is 32.6. The number of nitrogens with one attached hydrogen (secondary N) is 2. The van der Waals surface area contributed by atoms with Crippen molar-refractivity contribution >= 4 is 29.9 Å². The molecule has 0 spiro atoms. The topological polar surface area (TPSA) is 142 Å². The number of carboxylic acid groups (broad SMARTS) is 1. The van der Waals surface area contributed by atoms with Crippen LogP contribution in [0.15, 0.2) is 66.9 Å². The number of likely N-dealkylation sites (tertiary alicyclic amines) is 1. The minimum absolute atomic E-state index is 0.178. The molecule has 13 nitrogen and oxygen atoms in total. The average Bonchev–Trinajstić information content (AvgIpc) is 3.95. The maximum atomic E-state index is 15.0. The monoisotopic (exact) mass is 765 g/mol. The van der Waals surface area contributed by atoms with Crippen LogP contribution in [-0.2, 0) is 16.8 Å². The predicted octanol–water partition coefficient (Wildman–Crippen LogP) is 7.80. The molecule has 14 heteroatoms. The van der Waals surface area contributed by atoms with E-state index >= 15 is 0 Å². The van der Waals surface area contributed by atoms with Crippen LogP contribution in [0.2, 0.25) is 0 Å². The Morgan fingerprint density at radius 1 is 0.964 bits per heavy atom. The lowest BCUT2D eigenvalue weighted by Crippen LogP contribution is -2.38. The molecule has 2 aliphatic heterocycles. The van der Waals surface area contributed by atoms with Gasteiger partial charge in [-0.3, -0.25) is 19.4 Å². The first-order chi connectivity index (χ1) is 27.0. The quantitative estimate of drug-likeness (QED) is 0.135. The molecule has 296 valence electrons. The lowest BCUT2D eigenvalue weighted by Gasteiger charge is -2.33. The zero-order valence-corrected chi connectivity index (χ0v) is 32.6. The number of nitrogens with zero attached hydrogens (tertiary/aromatic N) is 7. The first-order valence-corrected chi connectivity index (χ1v) is 19.7. The van der Waals surface area contributed by atoms with Gasteiger partial charge < -0.3 is 20.1 Å². The first-order valence-electron chi connectivity index (χ1n) is 19.7. The number of aromatic nitrogens is 5. The van der Waals surface area contributed by atoms with Gasteiger partial charge in [-0.05, 0) is 106 Å². The van der Waals surface area contributed by atoms with Crippen LogP contribution >= 0.6 is 0 Å². The molecule has 56 heavy (non-hydrogen) atoms. The summed E-state index contributed by atoms with van der Waals surface area (Å²) >= 11 is 0. The number of benzene rings is 2. The Balaban J connectivity index is 0.00000155. The number of fused-ring (bicyclic) bond motifs is 2. The van der Waals surface area contributed by atoms with Gasteiger partial charge in [-0.25, -0.2) is 13.9 Å². The molecular weight excluding hydrogens is 714 g/mol. The predicted molar refractivity (Wildman–Crippen MR) is 213 cm³/mol. The van der Waals surface area contributed by atoms with Gasteiger partial charge in [0.15, 0.2) is 5.65 Å². The maximum absolute atomic E-state index is 15.0. The molecule has 2 aromatic carbocycles. The van der Waals surface area contributed by atoms with Crippen LogP contribution in [0, 0.1) is 5.82 Å². The molecule has 2 fully saturated rings. The summed E-state index contributed by atoms with van der Waals surface area (Å²) in [4.78, 5) is 26.7. The Morgan fingerprint density at radius 3 is 2.46 bits per heavy atom. The van der Waals surface area contributed by atoms with E-state index in [-0.39, 0.29) is 35.9 Å². The fourth-order valence-electron chi connectivity index (χ4n) is 8.05. The van der Waals surface area contributed by atoms with Crippen molar-refractivity contribution in [3.8, 4) is 11.4 Å². The molecule has 3 aliphatic rings. The molecule has 3 aromatic heterocycles. The standard InChI is InChI=1S/C41H50FN9O2.CH2O2/c1-27-11-7-8-22-49(27)40-46-45-37-19-15-30(26-50(37)40)53-35-18-17-34(31-12-5-6-13-32(31)35)43-39(52)44-38-24-36(41(2,3)4)47-51(38)29-14-16-33(42)28(23-29)25-48-20-9-10-21-48;2-1-3/h5-6,12-16,19,23-24,26-27,34-35H,7-11,17-18,20-22,25H2,1-4H3,(H2,43,44,52);1H,(H,2,3)/t27-,34-,35+;/m0./s1. The van der Waals surface area contributed by atoms with E-state index in [9.17, 15) is 9.18 Å². The van der Waals surface area contributed by atoms with Gasteiger partial charge in [0.2, 0.25) is 5.95 Å². The summed E-state index contributed by atoms with van der Waals surface area (Å²) in [5.41, 5.74) is 4.76. The largest absolute Gasteiger partial charge is 0.484 e. The van der Waals surface area contributed by atoms with Crippen molar-refractivity contribution in [1.29, 1.82) is 0 Å². The Hall–Kier alpha value is -5.50. The maximum Gasteiger partial charge on any atom is 0.320 e. The molecular formula is C42H52FN9O4. The van der Waals surface area contributed by atoms with E-state index in [1.165, 1.54) is 12.5 Å². The van der Waals surface area contributed by atoms with E-state index in [0.717, 1.165) is 85.9 Å². The molecule has 2 saturated heterocycles. The number of pyridine rings is 1. The van der Waals surface area contributed by atoms with Crippen LogP contribution in [-0.4, -0.2) is 72.6 Å². The first kappa shape index (κ1) is 38.8. The highest BCUT2D eigenvalue weighted by Crippen LogP contribution is 2.39. The molecule has 0 radical (unpaired) electrons. The van der Waals surface area contributed by atoms with Gasteiger partial charge in [0.25, 0.3) is 6.47 Å². The molecule has 0 saturated carbocycles. The molecule has 5 aromatic rings. The number of hydrogen-bond donors (Lipinski definition) is 3. The molecule has 5 heterocycles. The van der Waals surface area contributed by atoms with Crippen molar-refractivity contribution in [3.63, 3.8) is 0 Å². The van der Waals surface area contributed by atoms with E-state index in [1.807, 2.05) is 47.0 Å². The Bertz CT molecular complexity index is 2160. The van der Waals surface area contributed by atoms with Crippen molar-refractivity contribution in [3.05, 3.63) is 95.1 Å². The van der Waals surface area contributed by atoms with Crippen molar-refractivity contribution in [1.82, 2.24) is 34.6 Å². The van der Waals surface area contributed by atoms with Crippen LogP contribution in [0.3, 0.4) is 0 Å². The number of carbonyl (C=O) groups is 2. The Morgan fingerprint density at radius 2 is 1.71 bits per heavy atom. The summed E-state index contributed by atoms with van der Waals surface area (Å²) in [5, 5.41) is 27.1. The molecule has 1 aliphatic carbocycles. The SMILES string of the molecule is C[C@H]1CCCCN1c1nnc2ccc(O[C@@H]3CC[C@H](NC(=O)Nc4cc(C(C)(C)C)nn4-c4ccc(F)c(CN5CCCC5)c4)c4ccccc43)cn12.O=CO. The second kappa shape index (κ2) is 16.7. The van der Waals surface area contributed by atoms with Gasteiger partial charge in [0.05, 0.1) is 23.6 Å². The normalized spacial score (nSPS) is 19.9. The Labute approximate surface area is 326 Å². The fourth-order valence-corrected chi connectivity index (χ4v) is 8.05. The van der Waals surface area contributed by atoms with Crippen molar-refractivity contribution in [2.75, 3.05) is 29.9 Å². The van der Waals surface area contributed by atoms with E-state index in [1.54, 1.807) is 10.7 Å². The van der Waals surface area contributed by atoms with Crippen LogP contribution in [0.5, 0.6) is 5.75 Å². The minimum Gasteiger partial charge on any atom is -0.484 e. The summed E-state index contributed by atoms with van der Waals surface area (Å²) < 4.78 is 25.4. The van der Waals surface area contributed by atoms with Gasteiger partial charge in [-0.15, -0.1) is 10.2 Å². The molecule has 2 amide bonds. The number of rotatable bonds is 8. The Kier molecular flexibility index (Phi) is 11.6. The number of anilines is 2. The second-order valence-corrected chi connectivity index (χ2v) is 16.0. The van der Waals surface area contributed by atoms with Gasteiger partial charge in [0, 0.05) is 36.2 Å². The highest BCUT2D eigenvalue weighted by molar-refractivity contribution is 5.89. The van der Waals surface area contributed by atoms with E-state index in [2.05, 4.69) is 70.5 Å². The van der Waals surface area contributed by atoms with Crippen LogP contribution in [0.1, 0.15) is 107 Å². The summed E-state index contributed by atoms with van der Waals surface area (Å²) in [5.74, 6) is 1.90. The number of hydrogen-bond acceptors (Lipinski definition) is 8. The van der Waals surface area contributed by atoms with Gasteiger partial charge in [0.1, 0.15) is 23.5 Å². The zero-order chi connectivity index (χ0) is 39.4. The summed E-state index contributed by atoms with van der Waals surface area (Å²) in [6.45, 7) is 11.7. The van der Waals surface area contributed by atoms with E-state index < -0.39 is 0 Å². The van der Waals surface area contributed by atoms with Gasteiger partial charge in [-0.2, -0.15) is 5.10 Å². The van der Waals surface area contributed by atoms with E-state index in [0.29, 0.717) is 36.1 Å². The smallest absolute Gasteiger partial charge is 0.320 e. The molecule has 3 atom stereocenters. The van der Waals surface area contributed by atoms with Crippen molar-refractivity contribution in [2.45, 2.75) is 103 Å². The third-order valence-electron chi connectivity index (χ3n) is 11.0. The van der Waals surface area contributed by atoms with Crippen LogP contribution < -0.4 is 20.3 Å². The number of halogens is 1. The number of urea groups is 1. The van der Waals surface area contributed by atoms with Gasteiger partial charge >= 0.3 is 6.03 Å². The number of amides is 2. The van der Waals surface area contributed by atoms with Crippen molar-refractivity contribution < 1.29 is 23.8 Å². The second-order valence-electron chi connectivity index (χ2n) is 16.0. The van der Waals surface area contributed by atoms with Crippen LogP contribution in [0.4, 0.5) is 21.0 Å². The number of carbonyl (C=O) groups excluding carboxylic acids is 1. The average molecular weight is 766 g/mol. The lowest BCUT2D eigenvalue weighted by atomic mass is 9.85. The van der Waals surface area contributed by atoms with E-state index in [4.69, 9.17) is 19.7 Å². The summed E-state index contributed by atoms with van der Waals surface area (Å²) in [7, 11) is 0. The molecule has 8 rings (SSSR count). The highest BCUT2D eigenvalue weighted by atomic mass is 19.1. The highest BCUT2D eigenvalue weighted by Gasteiger charge is 2.31. The molecule has 0 bridgehead atoms. The third-order valence-corrected chi connectivity index (χ3v) is 11.0. The molecule has 0 unspecified atom stereocenters. The van der Waals surface area contributed by atoms with Gasteiger partial charge in [-0.1, -0.05) is 45.0 Å². The number of ether oxygens (including phenoxy) is 1.